The van der Waals surface area contributed by atoms with E-state index in [-0.39, 0.29) is 17.9 Å². The minimum absolute atomic E-state index is 0.146. The summed E-state index contributed by atoms with van der Waals surface area (Å²) in [6.45, 7) is 4.65. The van der Waals surface area contributed by atoms with E-state index >= 15 is 0 Å². The lowest BCUT2D eigenvalue weighted by molar-refractivity contribution is 0.143. The van der Waals surface area contributed by atoms with Crippen LogP contribution in [-0.4, -0.2) is 48.6 Å². The van der Waals surface area contributed by atoms with Crippen LogP contribution in [0.4, 0.5) is 14.9 Å². The Kier molecular flexibility index (Phi) is 4.95. The summed E-state index contributed by atoms with van der Waals surface area (Å²) in [5, 5.41) is 2.78. The van der Waals surface area contributed by atoms with Gasteiger partial charge in [-0.1, -0.05) is 6.07 Å². The summed E-state index contributed by atoms with van der Waals surface area (Å²) >= 11 is 0. The van der Waals surface area contributed by atoms with E-state index in [2.05, 4.69) is 17.3 Å². The van der Waals surface area contributed by atoms with Crippen LogP contribution in [0, 0.1) is 5.82 Å². The molecule has 0 radical (unpaired) electrons. The van der Waals surface area contributed by atoms with E-state index in [0.29, 0.717) is 12.2 Å². The molecule has 0 aliphatic carbocycles. The molecule has 2 amide bonds. The van der Waals surface area contributed by atoms with Gasteiger partial charge in [-0.15, -0.1) is 0 Å². The molecule has 5 heteroatoms. The molecule has 0 unspecified atom stereocenters. The van der Waals surface area contributed by atoms with Crippen molar-refractivity contribution < 1.29 is 9.18 Å². The summed E-state index contributed by atoms with van der Waals surface area (Å²) < 4.78 is 13.1. The van der Waals surface area contributed by atoms with E-state index in [4.69, 9.17) is 0 Å². The summed E-state index contributed by atoms with van der Waals surface area (Å²) in [5.74, 6) is -0.342. The highest BCUT2D eigenvalue weighted by atomic mass is 19.1. The first-order chi connectivity index (χ1) is 9.60. The molecule has 1 saturated heterocycles. The van der Waals surface area contributed by atoms with Crippen LogP contribution in [0.1, 0.15) is 19.8 Å². The molecule has 4 nitrogen and oxygen atoms in total. The average Bonchev–Trinajstić information content (AvgIpc) is 2.42. The Bertz CT molecular complexity index is 458. The van der Waals surface area contributed by atoms with Gasteiger partial charge in [0.05, 0.1) is 0 Å². The number of nitrogens with one attached hydrogen (secondary N) is 1. The third-order valence-corrected chi connectivity index (χ3v) is 3.81. The number of carbonyl (C=O) groups excluding carboxylic acids is 1. The van der Waals surface area contributed by atoms with Crippen LogP contribution in [-0.2, 0) is 0 Å². The van der Waals surface area contributed by atoms with Crippen molar-refractivity contribution >= 4 is 11.7 Å². The summed E-state index contributed by atoms with van der Waals surface area (Å²) in [5.41, 5.74) is 0.501. The van der Waals surface area contributed by atoms with E-state index in [9.17, 15) is 9.18 Å². The second kappa shape index (κ2) is 6.70. The highest BCUT2D eigenvalue weighted by Crippen LogP contribution is 2.17. The molecular formula is C15H22FN3O. The maximum absolute atomic E-state index is 13.1. The quantitative estimate of drug-likeness (QED) is 0.923. The van der Waals surface area contributed by atoms with Crippen LogP contribution in [0.25, 0.3) is 0 Å². The van der Waals surface area contributed by atoms with Gasteiger partial charge in [0.2, 0.25) is 0 Å². The van der Waals surface area contributed by atoms with E-state index in [1.807, 2.05) is 11.8 Å². The Morgan fingerprint density at radius 2 is 2.15 bits per heavy atom. The molecular weight excluding hydrogens is 257 g/mol. The first-order valence-electron chi connectivity index (χ1n) is 7.12. The minimum Gasteiger partial charge on any atom is -0.322 e. The van der Waals surface area contributed by atoms with Gasteiger partial charge in [-0.05, 0) is 58.1 Å². The minimum atomic E-state index is -0.342. The lowest BCUT2D eigenvalue weighted by atomic mass is 10.0. The fraction of sp³-hybridized carbons (Fsp3) is 0.533. The van der Waals surface area contributed by atoms with E-state index in [0.717, 1.165) is 25.9 Å². The predicted molar refractivity (Wildman–Crippen MR) is 78.3 cm³/mol. The van der Waals surface area contributed by atoms with Gasteiger partial charge in [-0.3, -0.25) is 0 Å². The molecule has 0 bridgehead atoms. The fourth-order valence-corrected chi connectivity index (χ4v) is 2.64. The zero-order chi connectivity index (χ0) is 14.5. The maximum atomic E-state index is 13.1. The van der Waals surface area contributed by atoms with Crippen molar-refractivity contribution in [3.8, 4) is 0 Å². The van der Waals surface area contributed by atoms with E-state index in [1.165, 1.54) is 12.1 Å². The second-order valence-electron chi connectivity index (χ2n) is 5.26. The number of nitrogens with zero attached hydrogens (tertiary/aromatic N) is 2. The first kappa shape index (κ1) is 14.8. The smallest absolute Gasteiger partial charge is 0.322 e. The Hall–Kier alpha value is -1.62. The lowest BCUT2D eigenvalue weighted by Crippen LogP contribution is -2.48. The van der Waals surface area contributed by atoms with Crippen LogP contribution in [0.3, 0.4) is 0 Å². The van der Waals surface area contributed by atoms with Gasteiger partial charge in [0, 0.05) is 18.3 Å². The number of carbonyl (C=O) groups is 1. The highest BCUT2D eigenvalue weighted by molar-refractivity contribution is 5.89. The summed E-state index contributed by atoms with van der Waals surface area (Å²) in [7, 11) is 2.10. The first-order valence-corrected chi connectivity index (χ1v) is 7.12. The molecule has 1 heterocycles. The van der Waals surface area contributed by atoms with Crippen molar-refractivity contribution in [2.24, 2.45) is 0 Å². The standard InChI is InChI=1S/C15H22FN3O/c1-3-19(14-7-9-18(2)10-8-14)15(20)17-13-6-4-5-12(16)11-13/h4-6,11,14H,3,7-10H2,1-2H3,(H,17,20). The number of hydrogen-bond donors (Lipinski definition) is 1. The van der Waals surface area contributed by atoms with Crippen LogP contribution in [0.2, 0.25) is 0 Å². The molecule has 20 heavy (non-hydrogen) atoms. The molecule has 0 aromatic heterocycles. The number of anilines is 1. The molecule has 110 valence electrons. The Labute approximate surface area is 119 Å². The van der Waals surface area contributed by atoms with Crippen molar-refractivity contribution in [1.29, 1.82) is 0 Å². The lowest BCUT2D eigenvalue weighted by Gasteiger charge is -2.36. The normalized spacial score (nSPS) is 16.9. The van der Waals surface area contributed by atoms with Crippen LogP contribution >= 0.6 is 0 Å². The molecule has 0 spiro atoms. The average molecular weight is 279 g/mol. The molecule has 2 rings (SSSR count). The molecule has 1 N–H and O–H groups in total. The van der Waals surface area contributed by atoms with Gasteiger partial charge in [-0.25, -0.2) is 9.18 Å². The Balaban J connectivity index is 1.98. The monoisotopic (exact) mass is 279 g/mol. The summed E-state index contributed by atoms with van der Waals surface area (Å²) in [4.78, 5) is 16.4. The van der Waals surface area contributed by atoms with Gasteiger partial charge < -0.3 is 15.1 Å². The van der Waals surface area contributed by atoms with Crippen molar-refractivity contribution in [3.63, 3.8) is 0 Å². The van der Waals surface area contributed by atoms with Crippen molar-refractivity contribution in [3.05, 3.63) is 30.1 Å². The summed E-state index contributed by atoms with van der Waals surface area (Å²) in [6.07, 6.45) is 1.97. The number of likely N-dealkylation sites (tertiary alicyclic amines) is 1. The van der Waals surface area contributed by atoms with E-state index < -0.39 is 0 Å². The zero-order valence-electron chi connectivity index (χ0n) is 12.1. The van der Waals surface area contributed by atoms with Crippen molar-refractivity contribution in [2.75, 3.05) is 32.0 Å². The SMILES string of the molecule is CCN(C(=O)Nc1cccc(F)c1)C1CCN(C)CC1. The molecule has 1 aliphatic heterocycles. The van der Waals surface area contributed by atoms with Crippen LogP contribution in [0.5, 0.6) is 0 Å². The second-order valence-corrected chi connectivity index (χ2v) is 5.26. The largest absolute Gasteiger partial charge is 0.322 e. The highest BCUT2D eigenvalue weighted by Gasteiger charge is 2.25. The summed E-state index contributed by atoms with van der Waals surface area (Å²) in [6, 6.07) is 6.11. The number of urea groups is 1. The molecule has 1 aromatic carbocycles. The molecule has 1 aliphatic rings. The molecule has 1 fully saturated rings. The van der Waals surface area contributed by atoms with Crippen molar-refractivity contribution in [1.82, 2.24) is 9.80 Å². The van der Waals surface area contributed by atoms with Crippen LogP contribution in [0.15, 0.2) is 24.3 Å². The number of rotatable bonds is 3. The maximum Gasteiger partial charge on any atom is 0.322 e. The predicted octanol–water partition coefficient (Wildman–Crippen LogP) is 2.77. The molecule has 1 aromatic rings. The Morgan fingerprint density at radius 3 is 2.75 bits per heavy atom. The number of halogens is 1. The van der Waals surface area contributed by atoms with Gasteiger partial charge in [0.1, 0.15) is 5.82 Å². The molecule has 0 saturated carbocycles. The number of hydrogen-bond acceptors (Lipinski definition) is 2. The third-order valence-electron chi connectivity index (χ3n) is 3.81. The fourth-order valence-electron chi connectivity index (χ4n) is 2.64. The van der Waals surface area contributed by atoms with Gasteiger partial charge >= 0.3 is 6.03 Å². The van der Waals surface area contributed by atoms with Crippen LogP contribution < -0.4 is 5.32 Å². The third kappa shape index (κ3) is 3.70. The van der Waals surface area contributed by atoms with Gasteiger partial charge in [0.15, 0.2) is 0 Å². The van der Waals surface area contributed by atoms with E-state index in [1.54, 1.807) is 12.1 Å². The topological polar surface area (TPSA) is 35.6 Å². The van der Waals surface area contributed by atoms with Gasteiger partial charge in [0.25, 0.3) is 0 Å². The molecule has 0 atom stereocenters. The zero-order valence-corrected chi connectivity index (χ0v) is 12.1. The van der Waals surface area contributed by atoms with Crippen molar-refractivity contribution in [2.45, 2.75) is 25.8 Å². The Morgan fingerprint density at radius 1 is 1.45 bits per heavy atom. The number of amides is 2. The number of piperidine rings is 1. The van der Waals surface area contributed by atoms with Gasteiger partial charge in [-0.2, -0.15) is 0 Å². The number of benzene rings is 1.